The second-order valence-corrected chi connectivity index (χ2v) is 23.0. The fraction of sp³-hybridized carbons (Fsp3) is 0.762. The van der Waals surface area contributed by atoms with Crippen LogP contribution in [-0.2, 0) is 11.3 Å². The summed E-state index contributed by atoms with van der Waals surface area (Å²) in [5, 5.41) is 0. The molecule has 0 saturated carbocycles. The number of hydrogen-bond acceptors (Lipinski definition) is 3. The third-order valence-electron chi connectivity index (χ3n) is 5.77. The van der Waals surface area contributed by atoms with Crippen molar-refractivity contribution in [1.82, 2.24) is 4.90 Å². The summed E-state index contributed by atoms with van der Waals surface area (Å²) in [7, 11) is 1.70. The molecule has 0 bridgehead atoms. The predicted octanol–water partition coefficient (Wildman–Crippen LogP) is 5.41. The minimum absolute atomic E-state index is 0.245. The molecule has 0 atom stereocenters. The van der Waals surface area contributed by atoms with Gasteiger partial charge in [0, 0.05) is 0 Å². The molecule has 1 amide bonds. The first-order valence-corrected chi connectivity index (χ1v) is 18.8. The summed E-state index contributed by atoms with van der Waals surface area (Å²) in [5.74, 6) is 0.245. The molecule has 0 fully saturated rings. The van der Waals surface area contributed by atoms with Gasteiger partial charge in [0.2, 0.25) is 0 Å². The fourth-order valence-corrected chi connectivity index (χ4v) is 24.4. The van der Waals surface area contributed by atoms with Crippen molar-refractivity contribution in [3.05, 3.63) is 16.5 Å². The third kappa shape index (κ3) is 5.25. The molecule has 0 spiro atoms. The molecule has 3 nitrogen and oxygen atoms in total. The SMILES string of the molecule is CCC[CH2][Sn]([CH2]CCC)([CH2]CCC)[c]1cc2c(s1)C(=O)N(CCOC)C2. The molecule has 1 aromatic heterocycles. The monoisotopic (exact) mass is 487 g/mol. The van der Waals surface area contributed by atoms with Gasteiger partial charge in [-0.25, -0.2) is 0 Å². The summed E-state index contributed by atoms with van der Waals surface area (Å²) in [6.45, 7) is 9.10. The number of nitrogens with zero attached hydrogens (tertiary/aromatic N) is 1. The summed E-state index contributed by atoms with van der Waals surface area (Å²) in [5.41, 5.74) is 1.30. The third-order valence-corrected chi connectivity index (χ3v) is 25.1. The predicted molar refractivity (Wildman–Crippen MR) is 115 cm³/mol. The zero-order chi connectivity index (χ0) is 19.0. The molecule has 1 aliphatic heterocycles. The number of hydrogen-bond donors (Lipinski definition) is 0. The molecule has 0 radical (unpaired) electrons. The van der Waals surface area contributed by atoms with Crippen molar-refractivity contribution in [2.75, 3.05) is 20.3 Å². The van der Waals surface area contributed by atoms with Crippen LogP contribution < -0.4 is 2.89 Å². The Balaban J connectivity index is 2.26. The molecule has 148 valence electrons. The van der Waals surface area contributed by atoms with Crippen molar-refractivity contribution in [3.63, 3.8) is 0 Å². The number of methoxy groups -OCH3 is 1. The zero-order valence-corrected chi connectivity index (χ0v) is 20.9. The van der Waals surface area contributed by atoms with E-state index in [1.165, 1.54) is 57.4 Å². The van der Waals surface area contributed by atoms with E-state index >= 15 is 0 Å². The molecule has 0 unspecified atom stereocenters. The molecular weight excluding hydrogens is 449 g/mol. The Bertz CT molecular complexity index is 551. The standard InChI is InChI=1S/C9H10NO2S.3C4H9.Sn/c1-12-4-3-10-6-7-2-5-13-8(7)9(10)11;3*1-3-4-2;/h2H,3-4,6H2,1H3;3*1,3-4H2,2H3;. The zero-order valence-electron chi connectivity index (χ0n) is 17.2. The van der Waals surface area contributed by atoms with E-state index in [1.807, 2.05) is 16.2 Å². The van der Waals surface area contributed by atoms with E-state index in [-0.39, 0.29) is 5.91 Å². The maximum absolute atomic E-state index is 12.8. The van der Waals surface area contributed by atoms with Gasteiger partial charge >= 0.3 is 169 Å². The van der Waals surface area contributed by atoms with Gasteiger partial charge < -0.3 is 0 Å². The van der Waals surface area contributed by atoms with Crippen molar-refractivity contribution in [3.8, 4) is 0 Å². The van der Waals surface area contributed by atoms with E-state index in [0.717, 1.165) is 11.4 Å². The molecule has 0 saturated heterocycles. The van der Waals surface area contributed by atoms with Crippen LogP contribution in [0.1, 0.15) is 74.5 Å². The summed E-state index contributed by atoms with van der Waals surface area (Å²) >= 11 is -0.500. The average molecular weight is 486 g/mol. The number of rotatable bonds is 13. The van der Waals surface area contributed by atoms with Crippen LogP contribution in [0.25, 0.3) is 0 Å². The van der Waals surface area contributed by atoms with Gasteiger partial charge in [0.05, 0.1) is 0 Å². The normalized spacial score (nSPS) is 14.3. The molecule has 0 N–H and O–H groups in total. The van der Waals surface area contributed by atoms with Crippen LogP contribution in [0.4, 0.5) is 0 Å². The first-order chi connectivity index (χ1) is 12.6. The second-order valence-electron chi connectivity index (χ2n) is 7.78. The number of thiophene rings is 1. The minimum atomic E-state index is -2.39. The Morgan fingerprint density at radius 1 is 1.08 bits per heavy atom. The van der Waals surface area contributed by atoms with Gasteiger partial charge in [0.15, 0.2) is 0 Å². The summed E-state index contributed by atoms with van der Waals surface area (Å²) in [6, 6.07) is 2.47. The van der Waals surface area contributed by atoms with Gasteiger partial charge in [0.25, 0.3) is 0 Å². The van der Waals surface area contributed by atoms with E-state index in [2.05, 4.69) is 26.8 Å². The van der Waals surface area contributed by atoms with E-state index in [4.69, 9.17) is 4.74 Å². The van der Waals surface area contributed by atoms with Crippen molar-refractivity contribution in [2.24, 2.45) is 0 Å². The number of carbonyl (C=O) groups is 1. The van der Waals surface area contributed by atoms with Gasteiger partial charge in [-0.15, -0.1) is 0 Å². The number of ether oxygens (including phenoxy) is 1. The Morgan fingerprint density at radius 3 is 2.12 bits per heavy atom. The quantitative estimate of drug-likeness (QED) is 0.349. The van der Waals surface area contributed by atoms with Gasteiger partial charge in [-0.05, 0) is 0 Å². The molecule has 0 aliphatic carbocycles. The first kappa shape index (κ1) is 22.2. The Kier molecular flexibility index (Phi) is 9.45. The Morgan fingerprint density at radius 2 is 1.65 bits per heavy atom. The average Bonchev–Trinajstić information content (AvgIpc) is 3.20. The van der Waals surface area contributed by atoms with Crippen LogP contribution >= 0.6 is 11.3 Å². The maximum atomic E-state index is 12.8. The van der Waals surface area contributed by atoms with E-state index in [1.54, 1.807) is 10.0 Å². The molecule has 2 rings (SSSR count). The molecule has 2 heterocycles. The van der Waals surface area contributed by atoms with E-state index in [9.17, 15) is 4.79 Å². The Hall–Kier alpha value is -0.0713. The van der Waals surface area contributed by atoms with Crippen molar-refractivity contribution < 1.29 is 9.53 Å². The van der Waals surface area contributed by atoms with Gasteiger partial charge in [-0.3, -0.25) is 0 Å². The molecule has 26 heavy (non-hydrogen) atoms. The summed E-state index contributed by atoms with van der Waals surface area (Å²) in [6.07, 6.45) is 8.02. The van der Waals surface area contributed by atoms with Crippen molar-refractivity contribution in [1.29, 1.82) is 0 Å². The topological polar surface area (TPSA) is 29.5 Å². The van der Waals surface area contributed by atoms with Crippen molar-refractivity contribution in [2.45, 2.75) is 79.2 Å². The molecule has 1 aliphatic rings. The number of carbonyl (C=O) groups excluding carboxylic acids is 1. The fourth-order valence-electron chi connectivity index (χ4n) is 4.08. The number of fused-ring (bicyclic) bond motifs is 1. The number of unbranched alkanes of at least 4 members (excludes halogenated alkanes) is 3. The molecule has 1 aromatic rings. The van der Waals surface area contributed by atoms with Crippen LogP contribution in [0.15, 0.2) is 6.07 Å². The first-order valence-electron chi connectivity index (χ1n) is 10.5. The van der Waals surface area contributed by atoms with Crippen LogP contribution in [-0.4, -0.2) is 49.4 Å². The molecule has 0 aromatic carbocycles. The van der Waals surface area contributed by atoms with Crippen LogP contribution in [0.3, 0.4) is 0 Å². The second kappa shape index (κ2) is 11.1. The summed E-state index contributed by atoms with van der Waals surface area (Å²) < 4.78 is 11.3. The van der Waals surface area contributed by atoms with Crippen LogP contribution in [0.2, 0.25) is 13.3 Å². The molecular formula is C21H37NO2SSn. The molecule has 5 heteroatoms. The van der Waals surface area contributed by atoms with Crippen LogP contribution in [0, 0.1) is 0 Å². The van der Waals surface area contributed by atoms with Gasteiger partial charge in [-0.2, -0.15) is 0 Å². The summed E-state index contributed by atoms with van der Waals surface area (Å²) in [4.78, 5) is 15.8. The van der Waals surface area contributed by atoms with E-state index < -0.39 is 18.4 Å². The van der Waals surface area contributed by atoms with Crippen molar-refractivity contribution >= 4 is 38.5 Å². The Labute approximate surface area is 168 Å². The van der Waals surface area contributed by atoms with Crippen LogP contribution in [0.5, 0.6) is 0 Å². The van der Waals surface area contributed by atoms with E-state index in [0.29, 0.717) is 13.2 Å². The van der Waals surface area contributed by atoms with Gasteiger partial charge in [0.1, 0.15) is 0 Å². The van der Waals surface area contributed by atoms with Gasteiger partial charge in [-0.1, -0.05) is 0 Å². The number of amides is 1.